The number of rotatable bonds is 4. The maximum Gasteiger partial charge on any atom is 0.303 e. The zero-order valence-corrected chi connectivity index (χ0v) is 16.1. The molecule has 7 nitrogen and oxygen atoms in total. The molecule has 1 fully saturated rings. The number of carboxylic acids is 1. The molecule has 1 aromatic heterocycles. The number of fused-ring (bicyclic) bond motifs is 2. The Bertz CT molecular complexity index is 911. The SMILES string of the molecule is COc1ccc2c(c1)C1(CCN(C(=O)c3cnoc3C)CC1)C[C@@H]2CC(=O)O. The zero-order valence-electron chi connectivity index (χ0n) is 16.1. The summed E-state index contributed by atoms with van der Waals surface area (Å²) in [6, 6.07) is 5.97. The third kappa shape index (κ3) is 3.04. The van der Waals surface area contributed by atoms with Crippen LogP contribution in [0.2, 0.25) is 0 Å². The lowest BCUT2D eigenvalue weighted by atomic mass is 9.73. The number of aryl methyl sites for hydroxylation is 1. The Morgan fingerprint density at radius 2 is 2.11 bits per heavy atom. The molecule has 1 atom stereocenters. The van der Waals surface area contributed by atoms with E-state index in [0.29, 0.717) is 24.4 Å². The van der Waals surface area contributed by atoms with Gasteiger partial charge in [-0.2, -0.15) is 0 Å². The van der Waals surface area contributed by atoms with E-state index in [1.165, 1.54) is 11.8 Å². The zero-order chi connectivity index (χ0) is 19.9. The predicted molar refractivity (Wildman–Crippen MR) is 101 cm³/mol. The van der Waals surface area contributed by atoms with Crippen molar-refractivity contribution in [2.24, 2.45) is 0 Å². The molecule has 1 N–H and O–H groups in total. The molecule has 4 rings (SSSR count). The van der Waals surface area contributed by atoms with Crippen LogP contribution in [-0.4, -0.2) is 47.2 Å². The van der Waals surface area contributed by atoms with Crippen LogP contribution in [0.5, 0.6) is 5.75 Å². The van der Waals surface area contributed by atoms with Gasteiger partial charge in [0.1, 0.15) is 17.1 Å². The Morgan fingerprint density at radius 1 is 1.36 bits per heavy atom. The minimum Gasteiger partial charge on any atom is -0.497 e. The van der Waals surface area contributed by atoms with E-state index in [0.717, 1.165) is 30.6 Å². The van der Waals surface area contributed by atoms with Gasteiger partial charge in [0.05, 0.1) is 19.7 Å². The van der Waals surface area contributed by atoms with Crippen LogP contribution >= 0.6 is 0 Å². The molecular weight excluding hydrogens is 360 g/mol. The summed E-state index contributed by atoms with van der Waals surface area (Å²) < 4.78 is 10.4. The summed E-state index contributed by atoms with van der Waals surface area (Å²) in [5, 5.41) is 13.0. The van der Waals surface area contributed by atoms with Gasteiger partial charge in [0.25, 0.3) is 5.91 Å². The van der Waals surface area contributed by atoms with E-state index in [1.807, 2.05) is 17.0 Å². The smallest absolute Gasteiger partial charge is 0.303 e. The second kappa shape index (κ2) is 6.96. The molecule has 7 heteroatoms. The number of aliphatic carboxylic acids is 1. The Labute approximate surface area is 163 Å². The third-order valence-electron chi connectivity index (χ3n) is 6.32. The quantitative estimate of drug-likeness (QED) is 0.871. The molecule has 1 aliphatic carbocycles. The van der Waals surface area contributed by atoms with Crippen molar-refractivity contribution in [2.75, 3.05) is 20.2 Å². The van der Waals surface area contributed by atoms with Crippen LogP contribution in [0.25, 0.3) is 0 Å². The van der Waals surface area contributed by atoms with E-state index >= 15 is 0 Å². The van der Waals surface area contributed by atoms with Gasteiger partial charge >= 0.3 is 5.97 Å². The van der Waals surface area contributed by atoms with E-state index in [-0.39, 0.29) is 23.7 Å². The standard InChI is InChI=1S/C21H24N2O5/c1-13-17(12-22-28-13)20(26)23-7-5-21(6-8-23)11-14(9-19(24)25)16-4-3-15(27-2)10-18(16)21/h3-4,10,12,14H,5-9,11H2,1-2H3,(H,24,25)/t14-/m0/s1. The van der Waals surface area contributed by atoms with E-state index in [4.69, 9.17) is 9.26 Å². The number of nitrogens with zero attached hydrogens (tertiary/aromatic N) is 2. The number of ether oxygens (including phenoxy) is 1. The summed E-state index contributed by atoms with van der Waals surface area (Å²) in [4.78, 5) is 26.0. The normalized spacial score (nSPS) is 20.2. The molecule has 1 aromatic carbocycles. The first-order chi connectivity index (χ1) is 13.4. The van der Waals surface area contributed by atoms with Gasteiger partial charge in [-0.05, 0) is 60.8 Å². The Morgan fingerprint density at radius 3 is 2.71 bits per heavy atom. The van der Waals surface area contributed by atoms with Gasteiger partial charge in [-0.3, -0.25) is 9.59 Å². The molecule has 1 saturated heterocycles. The van der Waals surface area contributed by atoms with Crippen LogP contribution in [0.1, 0.15) is 58.8 Å². The highest BCUT2D eigenvalue weighted by Crippen LogP contribution is 2.53. The van der Waals surface area contributed by atoms with Gasteiger partial charge < -0.3 is 19.3 Å². The molecule has 2 heterocycles. The summed E-state index contributed by atoms with van der Waals surface area (Å²) in [6.07, 6.45) is 4.01. The predicted octanol–water partition coefficient (Wildman–Crippen LogP) is 3.13. The minimum atomic E-state index is -0.778. The van der Waals surface area contributed by atoms with Gasteiger partial charge in [0.15, 0.2) is 0 Å². The average Bonchev–Trinajstić information content (AvgIpc) is 3.23. The molecule has 148 valence electrons. The van der Waals surface area contributed by atoms with E-state index in [1.54, 1.807) is 14.0 Å². The lowest BCUT2D eigenvalue weighted by Crippen LogP contribution is -2.44. The van der Waals surface area contributed by atoms with E-state index in [2.05, 4.69) is 11.2 Å². The number of hydrogen-bond donors (Lipinski definition) is 1. The number of likely N-dealkylation sites (tertiary alicyclic amines) is 1. The number of carbonyl (C=O) groups is 2. The van der Waals surface area contributed by atoms with Gasteiger partial charge in [-0.15, -0.1) is 0 Å². The summed E-state index contributed by atoms with van der Waals surface area (Å²) in [6.45, 7) is 2.99. The van der Waals surface area contributed by atoms with Gasteiger partial charge in [-0.1, -0.05) is 11.2 Å². The molecule has 2 aromatic rings. The topological polar surface area (TPSA) is 92.9 Å². The summed E-state index contributed by atoms with van der Waals surface area (Å²) in [7, 11) is 1.64. The second-order valence-electron chi connectivity index (χ2n) is 7.82. The van der Waals surface area contributed by atoms with Crippen molar-refractivity contribution >= 4 is 11.9 Å². The highest BCUT2D eigenvalue weighted by molar-refractivity contribution is 5.94. The number of aromatic nitrogens is 1. The molecule has 1 aliphatic heterocycles. The molecule has 2 aliphatic rings. The lowest BCUT2D eigenvalue weighted by Gasteiger charge is -2.40. The molecule has 0 unspecified atom stereocenters. The summed E-state index contributed by atoms with van der Waals surface area (Å²) in [5.41, 5.74) is 2.70. The minimum absolute atomic E-state index is 0.000904. The van der Waals surface area contributed by atoms with Crippen molar-refractivity contribution in [2.45, 2.75) is 43.9 Å². The monoisotopic (exact) mass is 384 g/mol. The second-order valence-corrected chi connectivity index (χ2v) is 7.82. The number of carbonyl (C=O) groups excluding carboxylic acids is 1. The largest absolute Gasteiger partial charge is 0.497 e. The van der Waals surface area contributed by atoms with E-state index < -0.39 is 5.97 Å². The van der Waals surface area contributed by atoms with Gasteiger partial charge in [0, 0.05) is 13.1 Å². The molecule has 1 spiro atoms. The van der Waals surface area contributed by atoms with Crippen LogP contribution < -0.4 is 4.74 Å². The number of carboxylic acid groups (broad SMARTS) is 1. The number of benzene rings is 1. The van der Waals surface area contributed by atoms with Crippen molar-refractivity contribution in [3.8, 4) is 5.75 Å². The molecule has 0 saturated carbocycles. The van der Waals surface area contributed by atoms with Crippen LogP contribution in [0.15, 0.2) is 28.9 Å². The number of hydrogen-bond acceptors (Lipinski definition) is 5. The highest BCUT2D eigenvalue weighted by atomic mass is 16.5. The van der Waals surface area contributed by atoms with Crippen molar-refractivity contribution in [3.05, 3.63) is 46.8 Å². The third-order valence-corrected chi connectivity index (χ3v) is 6.32. The van der Waals surface area contributed by atoms with Gasteiger partial charge in [-0.25, -0.2) is 0 Å². The highest BCUT2D eigenvalue weighted by Gasteiger charge is 2.46. The maximum absolute atomic E-state index is 12.8. The number of amides is 1. The Balaban J connectivity index is 1.58. The van der Waals surface area contributed by atoms with Crippen LogP contribution in [0.4, 0.5) is 0 Å². The number of piperidine rings is 1. The average molecular weight is 384 g/mol. The first kappa shape index (κ1) is 18.5. The molecule has 0 radical (unpaired) electrons. The molecule has 0 bridgehead atoms. The van der Waals surface area contributed by atoms with Crippen molar-refractivity contribution in [3.63, 3.8) is 0 Å². The van der Waals surface area contributed by atoms with Crippen LogP contribution in [0.3, 0.4) is 0 Å². The van der Waals surface area contributed by atoms with E-state index in [9.17, 15) is 14.7 Å². The van der Waals surface area contributed by atoms with Gasteiger partial charge in [0.2, 0.25) is 0 Å². The number of methoxy groups -OCH3 is 1. The molecule has 28 heavy (non-hydrogen) atoms. The Hall–Kier alpha value is -2.83. The fourth-order valence-corrected chi connectivity index (χ4v) is 4.85. The first-order valence-corrected chi connectivity index (χ1v) is 9.54. The van der Waals surface area contributed by atoms with Crippen LogP contribution in [-0.2, 0) is 10.2 Å². The van der Waals surface area contributed by atoms with Crippen molar-refractivity contribution in [1.29, 1.82) is 0 Å². The first-order valence-electron chi connectivity index (χ1n) is 9.54. The van der Waals surface area contributed by atoms with Crippen molar-refractivity contribution < 1.29 is 24.0 Å². The Kier molecular flexibility index (Phi) is 4.61. The fourth-order valence-electron chi connectivity index (χ4n) is 4.85. The molecule has 1 amide bonds. The summed E-state index contributed by atoms with van der Waals surface area (Å²) >= 11 is 0. The summed E-state index contributed by atoms with van der Waals surface area (Å²) in [5.74, 6) is 0.482. The maximum atomic E-state index is 12.8. The fraction of sp³-hybridized carbons (Fsp3) is 0.476. The van der Waals surface area contributed by atoms with Crippen molar-refractivity contribution in [1.82, 2.24) is 10.1 Å². The molecular formula is C21H24N2O5. The van der Waals surface area contributed by atoms with Crippen LogP contribution in [0, 0.1) is 6.92 Å². The lowest BCUT2D eigenvalue weighted by molar-refractivity contribution is -0.137.